The lowest BCUT2D eigenvalue weighted by atomic mass is 10.1. The summed E-state index contributed by atoms with van der Waals surface area (Å²) >= 11 is 0. The normalized spacial score (nSPS) is 20.3. The van der Waals surface area contributed by atoms with E-state index < -0.39 is 5.97 Å². The zero-order valence-corrected chi connectivity index (χ0v) is 5.45. The van der Waals surface area contributed by atoms with Crippen molar-refractivity contribution in [2.45, 2.75) is 6.42 Å². The topological polar surface area (TPSA) is 60.8 Å². The van der Waals surface area contributed by atoms with Crippen molar-refractivity contribution in [2.24, 2.45) is 0 Å². The van der Waals surface area contributed by atoms with Gasteiger partial charge in [-0.25, -0.2) is 4.79 Å². The fourth-order valence-electron chi connectivity index (χ4n) is 0.883. The van der Waals surface area contributed by atoms with E-state index in [1.165, 1.54) is 0 Å². The van der Waals surface area contributed by atoms with Gasteiger partial charge in [0.1, 0.15) is 0 Å². The van der Waals surface area contributed by atoms with Crippen molar-refractivity contribution in [1.82, 2.24) is 5.06 Å². The number of carbonyl (C=O) groups is 1. The summed E-state index contributed by atoms with van der Waals surface area (Å²) in [7, 11) is 0. The molecular weight excluding hydrogens is 134 g/mol. The maximum atomic E-state index is 10.3. The van der Waals surface area contributed by atoms with Crippen LogP contribution in [0.2, 0.25) is 0 Å². The second-order valence-corrected chi connectivity index (χ2v) is 2.21. The van der Waals surface area contributed by atoms with Gasteiger partial charge in [0.2, 0.25) is 0 Å². The summed E-state index contributed by atoms with van der Waals surface area (Å²) < 4.78 is 0. The molecule has 0 unspecified atom stereocenters. The molecule has 2 N–H and O–H groups in total. The number of carboxylic acids is 1. The molecule has 0 aromatic rings. The highest BCUT2D eigenvalue weighted by molar-refractivity contribution is 5.87. The lowest BCUT2D eigenvalue weighted by Crippen LogP contribution is -2.28. The number of nitrogens with zero attached hydrogens (tertiary/aromatic N) is 1. The summed E-state index contributed by atoms with van der Waals surface area (Å²) in [6.07, 6.45) is 2.24. The molecule has 1 rings (SSSR count). The molecule has 1 aliphatic rings. The largest absolute Gasteiger partial charge is 0.478 e. The molecule has 0 aromatic heterocycles. The van der Waals surface area contributed by atoms with Crippen LogP contribution in [0.1, 0.15) is 6.42 Å². The molecule has 4 heteroatoms. The van der Waals surface area contributed by atoms with Crippen LogP contribution in [-0.4, -0.2) is 34.4 Å². The van der Waals surface area contributed by atoms with Crippen molar-refractivity contribution in [3.63, 3.8) is 0 Å². The Bertz CT molecular complexity index is 176. The number of aliphatic carboxylic acids is 1. The van der Waals surface area contributed by atoms with Gasteiger partial charge in [-0.1, -0.05) is 6.08 Å². The van der Waals surface area contributed by atoms with Crippen molar-refractivity contribution >= 4 is 5.97 Å². The van der Waals surface area contributed by atoms with Crippen LogP contribution in [0.5, 0.6) is 0 Å². The molecule has 0 spiro atoms. The van der Waals surface area contributed by atoms with Gasteiger partial charge >= 0.3 is 5.97 Å². The van der Waals surface area contributed by atoms with Crippen LogP contribution in [0.25, 0.3) is 0 Å². The molecule has 0 amide bonds. The van der Waals surface area contributed by atoms with E-state index in [0.717, 1.165) is 5.06 Å². The fraction of sp³-hybridized carbons (Fsp3) is 0.500. The summed E-state index contributed by atoms with van der Waals surface area (Å²) in [6, 6.07) is 0. The minimum atomic E-state index is -0.946. The van der Waals surface area contributed by atoms with E-state index in [0.29, 0.717) is 13.0 Å². The Morgan fingerprint density at radius 2 is 2.40 bits per heavy atom. The first kappa shape index (κ1) is 7.24. The van der Waals surface area contributed by atoms with Crippen LogP contribution in [0.4, 0.5) is 0 Å². The highest BCUT2D eigenvalue weighted by atomic mass is 16.5. The average molecular weight is 143 g/mol. The van der Waals surface area contributed by atoms with Crippen molar-refractivity contribution in [2.75, 3.05) is 13.1 Å². The van der Waals surface area contributed by atoms with Gasteiger partial charge in [0, 0.05) is 12.1 Å². The standard InChI is InChI=1S/C6H9NO3/c8-6(9)5-2-1-3-7(10)4-5/h2,10H,1,3-4H2,(H,8,9). The van der Waals surface area contributed by atoms with Crippen LogP contribution in [0, 0.1) is 0 Å². The highest BCUT2D eigenvalue weighted by Crippen LogP contribution is 2.06. The number of hydrogen-bond acceptors (Lipinski definition) is 3. The first-order valence-electron chi connectivity index (χ1n) is 3.06. The Kier molecular flexibility index (Phi) is 2.03. The molecule has 10 heavy (non-hydrogen) atoms. The number of carboxylic acid groups (broad SMARTS) is 1. The molecular formula is C6H9NO3. The molecule has 0 saturated heterocycles. The molecule has 1 heterocycles. The molecule has 0 bridgehead atoms. The molecule has 4 nitrogen and oxygen atoms in total. The quantitative estimate of drug-likeness (QED) is 0.546. The molecule has 1 aliphatic heterocycles. The molecule has 56 valence electrons. The van der Waals surface area contributed by atoms with E-state index in [-0.39, 0.29) is 12.1 Å². The lowest BCUT2D eigenvalue weighted by molar-refractivity contribution is -0.136. The Hall–Kier alpha value is -0.870. The van der Waals surface area contributed by atoms with Crippen molar-refractivity contribution in [3.8, 4) is 0 Å². The van der Waals surface area contributed by atoms with E-state index in [2.05, 4.69) is 0 Å². The zero-order valence-electron chi connectivity index (χ0n) is 5.45. The second-order valence-electron chi connectivity index (χ2n) is 2.21. The Labute approximate surface area is 58.3 Å². The maximum absolute atomic E-state index is 10.3. The SMILES string of the molecule is O=C(O)C1=CCCN(O)C1. The minimum Gasteiger partial charge on any atom is -0.478 e. The van der Waals surface area contributed by atoms with Crippen LogP contribution in [-0.2, 0) is 4.79 Å². The smallest absolute Gasteiger partial charge is 0.332 e. The summed E-state index contributed by atoms with van der Waals surface area (Å²) in [5.74, 6) is -0.946. The third-order valence-electron chi connectivity index (χ3n) is 1.41. The third kappa shape index (κ3) is 1.55. The van der Waals surface area contributed by atoms with Crippen LogP contribution in [0.15, 0.2) is 11.6 Å². The first-order chi connectivity index (χ1) is 4.70. The van der Waals surface area contributed by atoms with Gasteiger partial charge in [0.05, 0.1) is 6.54 Å². The van der Waals surface area contributed by atoms with Crippen molar-refractivity contribution in [1.29, 1.82) is 0 Å². The van der Waals surface area contributed by atoms with Gasteiger partial charge in [-0.05, 0) is 6.42 Å². The van der Waals surface area contributed by atoms with Crippen LogP contribution in [0.3, 0.4) is 0 Å². The molecule has 0 atom stereocenters. The highest BCUT2D eigenvalue weighted by Gasteiger charge is 2.14. The minimum absolute atomic E-state index is 0.134. The van der Waals surface area contributed by atoms with Gasteiger partial charge in [-0.2, -0.15) is 5.06 Å². The summed E-state index contributed by atoms with van der Waals surface area (Å²) in [4.78, 5) is 10.3. The number of hydrogen-bond donors (Lipinski definition) is 2. The molecule has 0 aromatic carbocycles. The van der Waals surface area contributed by atoms with E-state index in [1.807, 2.05) is 0 Å². The average Bonchev–Trinajstić information content (AvgIpc) is 1.88. The van der Waals surface area contributed by atoms with Crippen molar-refractivity contribution in [3.05, 3.63) is 11.6 Å². The van der Waals surface area contributed by atoms with E-state index in [9.17, 15) is 4.79 Å². The van der Waals surface area contributed by atoms with E-state index >= 15 is 0 Å². The van der Waals surface area contributed by atoms with Gasteiger partial charge < -0.3 is 10.3 Å². The van der Waals surface area contributed by atoms with Gasteiger partial charge in [0.25, 0.3) is 0 Å². The third-order valence-corrected chi connectivity index (χ3v) is 1.41. The van der Waals surface area contributed by atoms with E-state index in [1.54, 1.807) is 6.08 Å². The van der Waals surface area contributed by atoms with Crippen LogP contribution >= 0.6 is 0 Å². The van der Waals surface area contributed by atoms with Crippen LogP contribution < -0.4 is 0 Å². The van der Waals surface area contributed by atoms with Crippen molar-refractivity contribution < 1.29 is 15.1 Å². The summed E-state index contributed by atoms with van der Waals surface area (Å²) in [6.45, 7) is 0.659. The van der Waals surface area contributed by atoms with Gasteiger partial charge in [-0.3, -0.25) is 0 Å². The predicted molar refractivity (Wildman–Crippen MR) is 33.7 cm³/mol. The molecule has 0 radical (unpaired) electrons. The number of hydroxylamine groups is 2. The lowest BCUT2D eigenvalue weighted by Gasteiger charge is -2.18. The Balaban J connectivity index is 2.60. The number of rotatable bonds is 1. The zero-order chi connectivity index (χ0) is 7.56. The van der Waals surface area contributed by atoms with Gasteiger partial charge in [0.15, 0.2) is 0 Å². The van der Waals surface area contributed by atoms with E-state index in [4.69, 9.17) is 10.3 Å². The van der Waals surface area contributed by atoms with Gasteiger partial charge in [-0.15, -0.1) is 0 Å². The molecule has 0 saturated carbocycles. The fourth-order valence-corrected chi connectivity index (χ4v) is 0.883. The maximum Gasteiger partial charge on any atom is 0.332 e. The molecule has 0 aliphatic carbocycles. The first-order valence-corrected chi connectivity index (χ1v) is 3.06. The Morgan fingerprint density at radius 1 is 1.70 bits per heavy atom. The second kappa shape index (κ2) is 2.81. The summed E-state index contributed by atoms with van der Waals surface area (Å²) in [5, 5.41) is 18.3. The molecule has 0 fully saturated rings. The monoisotopic (exact) mass is 143 g/mol. The Morgan fingerprint density at radius 3 is 2.80 bits per heavy atom. The predicted octanol–water partition coefficient (Wildman–Crippen LogP) is 0.0923. The summed E-state index contributed by atoms with van der Waals surface area (Å²) in [5.41, 5.74) is 0.272.